The van der Waals surface area contributed by atoms with Crippen molar-refractivity contribution in [2.75, 3.05) is 0 Å². The summed E-state index contributed by atoms with van der Waals surface area (Å²) in [6, 6.07) is 0. The summed E-state index contributed by atoms with van der Waals surface area (Å²) < 4.78 is -2.04. The molecule has 0 aliphatic carbocycles. The van der Waals surface area contributed by atoms with Crippen molar-refractivity contribution in [2.45, 2.75) is 64.8 Å². The third-order valence-electron chi connectivity index (χ3n) is 2.81. The number of unbranched alkanes of at least 4 members (excludes halogenated alkanes) is 6. The summed E-state index contributed by atoms with van der Waals surface area (Å²) in [5.41, 5.74) is 0. The second kappa shape index (κ2) is 12.4. The van der Waals surface area contributed by atoms with E-state index in [4.69, 9.17) is 0 Å². The van der Waals surface area contributed by atoms with E-state index in [1.54, 1.807) is 0 Å². The molecule has 0 aliphatic heterocycles. The number of rotatable bonds is 10. The van der Waals surface area contributed by atoms with Crippen LogP contribution in [-0.4, -0.2) is 12.4 Å². The number of halogens is 4. The smallest absolute Gasteiger partial charge is 0.548 e. The van der Waals surface area contributed by atoms with Gasteiger partial charge in [0.2, 0.25) is 0 Å². The number of hydrogen-bond donors (Lipinski definition) is 0. The summed E-state index contributed by atoms with van der Waals surface area (Å²) in [6.07, 6.45) is 9.11. The Labute approximate surface area is 192 Å². The maximum Gasteiger partial charge on any atom is 1.00 e. The minimum absolute atomic E-state index is 0. The van der Waals surface area contributed by atoms with Gasteiger partial charge in [0.15, 0.2) is 0 Å². The number of aliphatic carboxylic acids is 1. The summed E-state index contributed by atoms with van der Waals surface area (Å²) in [7, 11) is 0. The average molecular weight is 554 g/mol. The Morgan fingerprint density at radius 1 is 0.947 bits per heavy atom. The van der Waals surface area contributed by atoms with E-state index in [9.17, 15) is 9.90 Å². The molecular weight excluding hydrogens is 535 g/mol. The van der Waals surface area contributed by atoms with Crippen LogP contribution in [0.25, 0.3) is 0 Å². The molecule has 0 heterocycles. The van der Waals surface area contributed by atoms with Crippen molar-refractivity contribution in [1.82, 2.24) is 0 Å². The van der Waals surface area contributed by atoms with E-state index in [1.807, 2.05) is 0 Å². The van der Waals surface area contributed by atoms with Gasteiger partial charge in [-0.1, -0.05) is 116 Å². The molecular formula is C12H19Br4KO2. The van der Waals surface area contributed by atoms with Gasteiger partial charge < -0.3 is 9.90 Å². The molecule has 0 rings (SSSR count). The maximum atomic E-state index is 11.0. The molecule has 0 unspecified atom stereocenters. The van der Waals surface area contributed by atoms with Gasteiger partial charge >= 0.3 is 51.4 Å². The summed E-state index contributed by atoms with van der Waals surface area (Å²) in [6.45, 7) is 2.20. The van der Waals surface area contributed by atoms with Gasteiger partial charge in [0.05, 0.1) is 5.97 Å². The quantitative estimate of drug-likeness (QED) is 0.235. The van der Waals surface area contributed by atoms with E-state index in [0.29, 0.717) is 6.42 Å². The van der Waals surface area contributed by atoms with E-state index in [-0.39, 0.29) is 51.4 Å². The van der Waals surface area contributed by atoms with Crippen LogP contribution in [0, 0.1) is 0 Å². The Morgan fingerprint density at radius 3 is 1.79 bits per heavy atom. The summed E-state index contributed by atoms with van der Waals surface area (Å²) >= 11 is 13.1. The van der Waals surface area contributed by atoms with Gasteiger partial charge in [-0.15, -0.1) is 0 Å². The molecule has 0 spiro atoms. The molecule has 0 atom stereocenters. The van der Waals surface area contributed by atoms with Crippen LogP contribution in [0.2, 0.25) is 0 Å². The molecule has 0 aromatic rings. The molecule has 0 aromatic carbocycles. The van der Waals surface area contributed by atoms with Crippen LogP contribution in [0.1, 0.15) is 58.3 Å². The van der Waals surface area contributed by atoms with E-state index in [1.165, 1.54) is 32.1 Å². The molecule has 0 radical (unpaired) electrons. The monoisotopic (exact) mass is 550 g/mol. The van der Waals surface area contributed by atoms with Crippen LogP contribution < -0.4 is 56.5 Å². The molecule has 2 nitrogen and oxygen atoms in total. The molecule has 0 amide bonds. The van der Waals surface area contributed by atoms with Crippen LogP contribution in [0.3, 0.4) is 0 Å². The van der Waals surface area contributed by atoms with Gasteiger partial charge in [-0.25, -0.2) is 0 Å². The third kappa shape index (κ3) is 9.69. The first-order valence-corrected chi connectivity index (χ1v) is 9.40. The third-order valence-corrected chi connectivity index (χ3v) is 8.92. The molecule has 0 bridgehead atoms. The molecule has 7 heteroatoms. The first kappa shape index (κ1) is 24.3. The van der Waals surface area contributed by atoms with Gasteiger partial charge in [0.25, 0.3) is 0 Å². The summed E-state index contributed by atoms with van der Waals surface area (Å²) in [4.78, 5) is 11.0. The van der Waals surface area contributed by atoms with Crippen molar-refractivity contribution in [2.24, 2.45) is 0 Å². The molecule has 0 saturated heterocycles. The van der Waals surface area contributed by atoms with Crippen molar-refractivity contribution in [3.63, 3.8) is 0 Å². The van der Waals surface area contributed by atoms with Crippen molar-refractivity contribution in [3.8, 4) is 0 Å². The normalized spacial score (nSPS) is 12.1. The van der Waals surface area contributed by atoms with Gasteiger partial charge in [-0.3, -0.25) is 0 Å². The fourth-order valence-electron chi connectivity index (χ4n) is 1.61. The largest absolute Gasteiger partial charge is 1.00 e. The van der Waals surface area contributed by atoms with Gasteiger partial charge in [0.1, 0.15) is 6.47 Å². The molecule has 0 fully saturated rings. The fraction of sp³-hybridized carbons (Fsp3) is 0.917. The van der Waals surface area contributed by atoms with Crippen LogP contribution in [0.4, 0.5) is 0 Å². The van der Waals surface area contributed by atoms with Gasteiger partial charge in [-0.05, 0) is 6.42 Å². The Hall–Kier alpha value is 3.03. The SMILES string of the molecule is CCCCCCCCCC(Br)(Br)C(Br)(Br)C(=O)[O-].[K+]. The standard InChI is InChI=1S/C12H20Br4O2.K/c1-2-3-4-5-6-7-8-9-11(13,14)12(15,16)10(17)18;/h2-9H2,1H3,(H,17,18);/q;+1/p-1. The van der Waals surface area contributed by atoms with Crippen LogP contribution in [0.5, 0.6) is 0 Å². The Balaban J connectivity index is 0. The summed E-state index contributed by atoms with van der Waals surface area (Å²) in [5.74, 6) is -1.20. The van der Waals surface area contributed by atoms with Crippen molar-refractivity contribution in [3.05, 3.63) is 0 Å². The second-order valence-electron chi connectivity index (χ2n) is 4.44. The maximum absolute atomic E-state index is 11.0. The van der Waals surface area contributed by atoms with Gasteiger partial charge in [0, 0.05) is 0 Å². The van der Waals surface area contributed by atoms with E-state index in [0.717, 1.165) is 12.8 Å². The zero-order valence-corrected chi connectivity index (χ0v) is 21.0. The second-order valence-corrected chi connectivity index (χ2v) is 11.7. The molecule has 0 saturated carbocycles. The number of carbonyl (C=O) groups excluding carboxylic acids is 1. The number of carboxylic acids is 1. The van der Waals surface area contributed by atoms with E-state index < -0.39 is 12.4 Å². The number of hydrogen-bond acceptors (Lipinski definition) is 2. The van der Waals surface area contributed by atoms with Crippen molar-refractivity contribution in [1.29, 1.82) is 0 Å². The van der Waals surface area contributed by atoms with Crippen molar-refractivity contribution < 1.29 is 61.3 Å². The Kier molecular flexibility index (Phi) is 15.9. The molecule has 19 heavy (non-hydrogen) atoms. The summed E-state index contributed by atoms with van der Waals surface area (Å²) in [5, 5.41) is 11.0. The average Bonchev–Trinajstić information content (AvgIpc) is 2.27. The van der Waals surface area contributed by atoms with Crippen LogP contribution in [0.15, 0.2) is 0 Å². The van der Waals surface area contributed by atoms with E-state index >= 15 is 0 Å². The van der Waals surface area contributed by atoms with Crippen LogP contribution >= 0.6 is 63.7 Å². The molecule has 0 N–H and O–H groups in total. The predicted octanol–water partition coefficient (Wildman–Crippen LogP) is 1.85. The topological polar surface area (TPSA) is 40.1 Å². The molecule has 108 valence electrons. The number of carboxylic acid groups (broad SMARTS) is 1. The first-order valence-electron chi connectivity index (χ1n) is 6.22. The van der Waals surface area contributed by atoms with Gasteiger partial charge in [-0.2, -0.15) is 0 Å². The number of carbonyl (C=O) groups is 1. The minimum atomic E-state index is -1.30. The predicted molar refractivity (Wildman–Crippen MR) is 88.8 cm³/mol. The Bertz CT molecular complexity index is 260. The van der Waals surface area contributed by atoms with Crippen molar-refractivity contribution >= 4 is 69.7 Å². The minimum Gasteiger partial charge on any atom is -0.548 e. The number of alkyl halides is 4. The molecule has 0 aromatic heterocycles. The molecule has 0 aliphatic rings. The Morgan fingerprint density at radius 2 is 1.37 bits per heavy atom. The van der Waals surface area contributed by atoms with Crippen LogP contribution in [-0.2, 0) is 4.79 Å². The first-order chi connectivity index (χ1) is 8.25. The zero-order valence-electron chi connectivity index (χ0n) is 11.5. The zero-order chi connectivity index (χ0) is 14.2. The fourth-order valence-corrected chi connectivity index (χ4v) is 2.89. The van der Waals surface area contributed by atoms with E-state index in [2.05, 4.69) is 70.6 Å².